The summed E-state index contributed by atoms with van der Waals surface area (Å²) in [7, 11) is -3.42. The van der Waals surface area contributed by atoms with E-state index >= 15 is 0 Å². The highest BCUT2D eigenvalue weighted by Gasteiger charge is 2.32. The Kier molecular flexibility index (Phi) is 6.37. The van der Waals surface area contributed by atoms with Crippen LogP contribution in [-0.2, 0) is 10.0 Å². The highest BCUT2D eigenvalue weighted by Crippen LogP contribution is 2.30. The molecule has 3 unspecified atom stereocenters. The minimum Gasteiger partial charge on any atom is -0.392 e. The van der Waals surface area contributed by atoms with Gasteiger partial charge in [0.15, 0.2) is 0 Å². The van der Waals surface area contributed by atoms with Crippen LogP contribution in [0.5, 0.6) is 0 Å². The van der Waals surface area contributed by atoms with Crippen molar-refractivity contribution in [3.05, 3.63) is 0 Å². The van der Waals surface area contributed by atoms with Crippen LogP contribution < -0.4 is 10.5 Å². The molecule has 0 heterocycles. The molecule has 1 aliphatic rings. The van der Waals surface area contributed by atoms with E-state index in [9.17, 15) is 8.42 Å². The monoisotopic (exact) mass is 310 g/mol. The van der Waals surface area contributed by atoms with E-state index in [1.54, 1.807) is 6.92 Å². The quantitative estimate of drug-likeness (QED) is 0.700. The highest BCUT2D eigenvalue weighted by atomic mass is 32.2. The second-order valence-corrected chi connectivity index (χ2v) is 8.49. The number of sulfonamides is 1. The van der Waals surface area contributed by atoms with Crippen LogP contribution in [-0.4, -0.2) is 35.7 Å². The van der Waals surface area contributed by atoms with Crippen LogP contribution in [0, 0.1) is 0 Å². The average Bonchev–Trinajstić information content (AvgIpc) is 2.64. The molecule has 3 N–H and O–H groups in total. The number of thioether (sulfide) groups is 1. The second kappa shape index (κ2) is 7.07. The van der Waals surface area contributed by atoms with Gasteiger partial charge in [-0.15, -0.1) is 0 Å². The Bertz CT molecular complexity index is 384. The topological polar surface area (TPSA) is 72.2 Å². The maximum atomic E-state index is 12.1. The molecule has 1 aliphatic carbocycles. The third-order valence-electron chi connectivity index (χ3n) is 3.18. The van der Waals surface area contributed by atoms with E-state index in [-0.39, 0.29) is 11.0 Å². The lowest BCUT2D eigenvalue weighted by atomic mass is 10.3. The molecule has 0 aliphatic heterocycles. The van der Waals surface area contributed by atoms with Crippen LogP contribution in [0.3, 0.4) is 0 Å². The highest BCUT2D eigenvalue weighted by molar-refractivity contribution is 7.99. The van der Waals surface area contributed by atoms with Gasteiger partial charge in [0.05, 0.1) is 4.99 Å². The van der Waals surface area contributed by atoms with Gasteiger partial charge in [-0.25, -0.2) is 13.1 Å². The number of nitrogens with one attached hydrogen (secondary N) is 1. The lowest BCUT2D eigenvalue weighted by molar-refractivity contribution is 0.546. The van der Waals surface area contributed by atoms with Gasteiger partial charge < -0.3 is 5.73 Å². The van der Waals surface area contributed by atoms with Gasteiger partial charge in [0, 0.05) is 11.3 Å². The predicted molar refractivity (Wildman–Crippen MR) is 82.5 cm³/mol. The van der Waals surface area contributed by atoms with Crippen LogP contribution in [0.2, 0.25) is 0 Å². The van der Waals surface area contributed by atoms with E-state index in [1.807, 2.05) is 11.8 Å². The molecule has 18 heavy (non-hydrogen) atoms. The number of hydrogen-bond donors (Lipinski definition) is 2. The minimum absolute atomic E-state index is 0.0439. The predicted octanol–water partition coefficient (Wildman–Crippen LogP) is 1.64. The van der Waals surface area contributed by atoms with Crippen molar-refractivity contribution >= 4 is 39.0 Å². The molecular formula is C11H22N2O2S3. The zero-order chi connectivity index (χ0) is 13.8. The molecule has 1 saturated carbocycles. The van der Waals surface area contributed by atoms with Crippen LogP contribution in [0.15, 0.2) is 0 Å². The van der Waals surface area contributed by atoms with Gasteiger partial charge in [-0.3, -0.25) is 0 Å². The first-order valence-corrected chi connectivity index (χ1v) is 9.33. The molecule has 4 nitrogen and oxygen atoms in total. The summed E-state index contributed by atoms with van der Waals surface area (Å²) in [6, 6.07) is 0.0439. The van der Waals surface area contributed by atoms with Crippen molar-refractivity contribution in [2.45, 2.75) is 56.1 Å². The smallest absolute Gasteiger partial charge is 0.221 e. The van der Waals surface area contributed by atoms with E-state index in [2.05, 4.69) is 11.6 Å². The van der Waals surface area contributed by atoms with Crippen molar-refractivity contribution in [3.63, 3.8) is 0 Å². The molecule has 106 valence electrons. The van der Waals surface area contributed by atoms with Gasteiger partial charge >= 0.3 is 0 Å². The molecule has 0 radical (unpaired) electrons. The van der Waals surface area contributed by atoms with Gasteiger partial charge in [0.25, 0.3) is 0 Å². The van der Waals surface area contributed by atoms with E-state index in [4.69, 9.17) is 18.0 Å². The Hall–Kier alpha value is 0.150. The number of nitrogens with two attached hydrogens (primary N) is 1. The largest absolute Gasteiger partial charge is 0.392 e. The number of hydrogen-bond acceptors (Lipinski definition) is 4. The summed E-state index contributed by atoms with van der Waals surface area (Å²) in [5.41, 5.74) is 5.49. The Morgan fingerprint density at radius 3 is 2.67 bits per heavy atom. The van der Waals surface area contributed by atoms with Crippen LogP contribution in [0.4, 0.5) is 0 Å². The SMILES string of the molecule is CCSC1CCC(NS(=O)(=O)C(CC)C(N)=S)C1. The van der Waals surface area contributed by atoms with E-state index in [0.717, 1.165) is 25.0 Å². The first-order chi connectivity index (χ1) is 8.40. The second-order valence-electron chi connectivity index (χ2n) is 4.55. The molecule has 0 aromatic carbocycles. The molecule has 1 fully saturated rings. The normalized spacial score (nSPS) is 26.1. The lowest BCUT2D eigenvalue weighted by Crippen LogP contribution is -2.45. The third-order valence-corrected chi connectivity index (χ3v) is 6.85. The molecule has 0 bridgehead atoms. The van der Waals surface area contributed by atoms with Crippen molar-refractivity contribution < 1.29 is 8.42 Å². The molecular weight excluding hydrogens is 288 g/mol. The summed E-state index contributed by atoms with van der Waals surface area (Å²) in [5.74, 6) is 1.08. The zero-order valence-corrected chi connectivity index (χ0v) is 13.3. The Balaban J connectivity index is 2.59. The van der Waals surface area contributed by atoms with Crippen LogP contribution >= 0.6 is 24.0 Å². The van der Waals surface area contributed by atoms with E-state index in [1.165, 1.54) is 0 Å². The van der Waals surface area contributed by atoms with Gasteiger partial charge in [-0.05, 0) is 31.4 Å². The van der Waals surface area contributed by atoms with Crippen LogP contribution in [0.1, 0.15) is 39.5 Å². The third kappa shape index (κ3) is 4.36. The summed E-state index contributed by atoms with van der Waals surface area (Å²) in [6.07, 6.45) is 3.32. The fourth-order valence-corrected chi connectivity index (χ4v) is 5.60. The molecule has 0 aromatic heterocycles. The first kappa shape index (κ1) is 16.2. The van der Waals surface area contributed by atoms with E-state index < -0.39 is 15.3 Å². The van der Waals surface area contributed by atoms with Crippen molar-refractivity contribution in [1.82, 2.24) is 4.72 Å². The van der Waals surface area contributed by atoms with Gasteiger partial charge in [0.1, 0.15) is 5.25 Å². The van der Waals surface area contributed by atoms with Gasteiger partial charge in [0.2, 0.25) is 10.0 Å². The summed E-state index contributed by atoms with van der Waals surface area (Å²) < 4.78 is 27.0. The lowest BCUT2D eigenvalue weighted by Gasteiger charge is -2.19. The molecule has 0 amide bonds. The molecule has 0 spiro atoms. The maximum absolute atomic E-state index is 12.1. The van der Waals surface area contributed by atoms with E-state index in [0.29, 0.717) is 11.7 Å². The maximum Gasteiger partial charge on any atom is 0.221 e. The summed E-state index contributed by atoms with van der Waals surface area (Å²) >= 11 is 6.73. The van der Waals surface area contributed by atoms with Gasteiger partial charge in [-0.2, -0.15) is 11.8 Å². The van der Waals surface area contributed by atoms with Crippen molar-refractivity contribution in [2.75, 3.05) is 5.75 Å². The standard InChI is InChI=1S/C11H22N2O2S3/c1-3-10(11(12)16)18(14,15)13-8-5-6-9(7-8)17-4-2/h8-10,13H,3-7H2,1-2H3,(H2,12,16). The molecule has 0 aromatic rings. The number of rotatable bonds is 7. The Labute approximate surface area is 120 Å². The fraction of sp³-hybridized carbons (Fsp3) is 0.909. The summed E-state index contributed by atoms with van der Waals surface area (Å²) in [6.45, 7) is 3.91. The minimum atomic E-state index is -3.42. The van der Waals surface area contributed by atoms with Gasteiger partial charge in [-0.1, -0.05) is 26.1 Å². The summed E-state index contributed by atoms with van der Waals surface area (Å²) in [5, 5.41) is -0.169. The molecule has 1 rings (SSSR count). The fourth-order valence-electron chi connectivity index (χ4n) is 2.32. The van der Waals surface area contributed by atoms with Crippen molar-refractivity contribution in [3.8, 4) is 0 Å². The molecule has 7 heteroatoms. The van der Waals surface area contributed by atoms with Crippen molar-refractivity contribution in [1.29, 1.82) is 0 Å². The number of thiocarbonyl (C=S) groups is 1. The zero-order valence-electron chi connectivity index (χ0n) is 10.9. The average molecular weight is 311 g/mol. The molecule has 0 saturated heterocycles. The Morgan fingerprint density at radius 1 is 1.50 bits per heavy atom. The first-order valence-electron chi connectivity index (χ1n) is 6.32. The Morgan fingerprint density at radius 2 is 2.17 bits per heavy atom. The summed E-state index contributed by atoms with van der Waals surface area (Å²) in [4.78, 5) is 0.0579. The van der Waals surface area contributed by atoms with Crippen molar-refractivity contribution in [2.24, 2.45) is 5.73 Å². The molecule has 3 atom stereocenters. The van der Waals surface area contributed by atoms with Crippen LogP contribution in [0.25, 0.3) is 0 Å².